The average molecular weight is 293 g/mol. The molecule has 0 unspecified atom stereocenters. The van der Waals surface area contributed by atoms with Crippen LogP contribution in [0.5, 0.6) is 0 Å². The molecular weight excluding hydrogens is 270 g/mol. The summed E-state index contributed by atoms with van der Waals surface area (Å²) in [5.74, 6) is 0.788. The molecule has 1 aliphatic rings. The van der Waals surface area contributed by atoms with E-state index in [1.165, 1.54) is 37.7 Å². The van der Waals surface area contributed by atoms with E-state index in [2.05, 4.69) is 24.3 Å². The number of hydrogen-bond acceptors (Lipinski definition) is 2. The number of nitrogens with zero attached hydrogens (tertiary/aromatic N) is 1. The SMILES string of the molecule is c1ccc(COC(=NC2CCCCC2)c2ccccc2)cc1. The minimum atomic E-state index is 0.416. The topological polar surface area (TPSA) is 21.6 Å². The lowest BCUT2D eigenvalue weighted by atomic mass is 9.96. The van der Waals surface area contributed by atoms with Crippen LogP contribution in [-0.4, -0.2) is 11.9 Å². The third-order valence-corrected chi connectivity index (χ3v) is 4.11. The molecular formula is C20H23NO. The smallest absolute Gasteiger partial charge is 0.216 e. The Morgan fingerprint density at radius 3 is 2.18 bits per heavy atom. The first-order valence-corrected chi connectivity index (χ1v) is 8.22. The summed E-state index contributed by atoms with van der Waals surface area (Å²) in [6, 6.07) is 21.0. The molecule has 0 bridgehead atoms. The Labute approximate surface area is 132 Å². The van der Waals surface area contributed by atoms with E-state index in [0.717, 1.165) is 11.5 Å². The molecule has 2 nitrogen and oxygen atoms in total. The summed E-state index contributed by atoms with van der Waals surface area (Å²) in [5.41, 5.74) is 2.25. The third-order valence-electron chi connectivity index (χ3n) is 4.11. The molecule has 2 aromatic rings. The molecule has 2 heteroatoms. The van der Waals surface area contributed by atoms with Gasteiger partial charge in [-0.05, 0) is 30.5 Å². The second-order valence-corrected chi connectivity index (χ2v) is 5.87. The fourth-order valence-corrected chi connectivity index (χ4v) is 2.88. The molecule has 0 spiro atoms. The quantitative estimate of drug-likeness (QED) is 0.575. The lowest BCUT2D eigenvalue weighted by Crippen LogP contribution is -2.16. The molecule has 0 radical (unpaired) electrons. The largest absolute Gasteiger partial charge is 0.473 e. The van der Waals surface area contributed by atoms with Gasteiger partial charge < -0.3 is 4.74 Å². The first kappa shape index (κ1) is 14.8. The molecule has 22 heavy (non-hydrogen) atoms. The van der Waals surface area contributed by atoms with Gasteiger partial charge in [-0.3, -0.25) is 0 Å². The van der Waals surface area contributed by atoms with E-state index in [4.69, 9.17) is 9.73 Å². The predicted molar refractivity (Wildman–Crippen MR) is 91.1 cm³/mol. The predicted octanol–water partition coefficient (Wildman–Crippen LogP) is 4.98. The third kappa shape index (κ3) is 4.20. The van der Waals surface area contributed by atoms with Gasteiger partial charge in [-0.2, -0.15) is 0 Å². The van der Waals surface area contributed by atoms with Gasteiger partial charge >= 0.3 is 0 Å². The highest BCUT2D eigenvalue weighted by Gasteiger charge is 2.15. The molecule has 0 atom stereocenters. The van der Waals surface area contributed by atoms with Crippen LogP contribution in [0, 0.1) is 0 Å². The molecule has 2 aromatic carbocycles. The maximum Gasteiger partial charge on any atom is 0.216 e. The van der Waals surface area contributed by atoms with Gasteiger partial charge in [0, 0.05) is 5.56 Å². The monoisotopic (exact) mass is 293 g/mol. The molecule has 0 amide bonds. The minimum absolute atomic E-state index is 0.416. The summed E-state index contributed by atoms with van der Waals surface area (Å²) < 4.78 is 6.07. The number of benzene rings is 2. The van der Waals surface area contributed by atoms with Crippen LogP contribution in [-0.2, 0) is 11.3 Å². The van der Waals surface area contributed by atoms with E-state index in [-0.39, 0.29) is 0 Å². The minimum Gasteiger partial charge on any atom is -0.473 e. The summed E-state index contributed by atoms with van der Waals surface area (Å²) in [6.07, 6.45) is 6.29. The number of rotatable bonds is 4. The van der Waals surface area contributed by atoms with Crippen LogP contribution in [0.15, 0.2) is 65.7 Å². The molecule has 3 rings (SSSR count). The van der Waals surface area contributed by atoms with Gasteiger partial charge in [0.2, 0.25) is 5.90 Å². The average Bonchev–Trinajstić information content (AvgIpc) is 2.61. The Bertz CT molecular complexity index is 586. The van der Waals surface area contributed by atoms with Crippen molar-refractivity contribution in [3.8, 4) is 0 Å². The Morgan fingerprint density at radius 2 is 1.50 bits per heavy atom. The van der Waals surface area contributed by atoms with Gasteiger partial charge in [-0.25, -0.2) is 4.99 Å². The Hall–Kier alpha value is -2.09. The second-order valence-electron chi connectivity index (χ2n) is 5.87. The lowest BCUT2D eigenvalue weighted by molar-refractivity contribution is 0.288. The van der Waals surface area contributed by atoms with E-state index in [1.807, 2.05) is 36.4 Å². The van der Waals surface area contributed by atoms with Gasteiger partial charge in [0.25, 0.3) is 0 Å². The second kappa shape index (κ2) is 7.79. The van der Waals surface area contributed by atoms with Gasteiger partial charge in [0.1, 0.15) is 6.61 Å². The highest BCUT2D eigenvalue weighted by atomic mass is 16.5. The summed E-state index contributed by atoms with van der Waals surface area (Å²) in [4.78, 5) is 4.92. The zero-order valence-electron chi connectivity index (χ0n) is 12.9. The summed E-state index contributed by atoms with van der Waals surface area (Å²) in [6.45, 7) is 0.571. The molecule has 0 N–H and O–H groups in total. The zero-order valence-corrected chi connectivity index (χ0v) is 12.9. The van der Waals surface area contributed by atoms with Crippen LogP contribution in [0.1, 0.15) is 43.2 Å². The molecule has 0 heterocycles. The van der Waals surface area contributed by atoms with Crippen molar-refractivity contribution < 1.29 is 4.74 Å². The molecule has 1 saturated carbocycles. The first-order chi connectivity index (χ1) is 10.9. The van der Waals surface area contributed by atoms with Crippen molar-refractivity contribution in [1.82, 2.24) is 0 Å². The van der Waals surface area contributed by atoms with Crippen molar-refractivity contribution in [2.75, 3.05) is 0 Å². The highest BCUT2D eigenvalue weighted by Crippen LogP contribution is 2.21. The van der Waals surface area contributed by atoms with E-state index in [0.29, 0.717) is 12.6 Å². The van der Waals surface area contributed by atoms with Crippen LogP contribution in [0.4, 0.5) is 0 Å². The Morgan fingerprint density at radius 1 is 0.864 bits per heavy atom. The fourth-order valence-electron chi connectivity index (χ4n) is 2.88. The lowest BCUT2D eigenvalue weighted by Gasteiger charge is -2.19. The highest BCUT2D eigenvalue weighted by molar-refractivity contribution is 5.94. The first-order valence-electron chi connectivity index (χ1n) is 8.22. The van der Waals surface area contributed by atoms with E-state index < -0.39 is 0 Å². The van der Waals surface area contributed by atoms with E-state index in [9.17, 15) is 0 Å². The van der Waals surface area contributed by atoms with E-state index >= 15 is 0 Å². The van der Waals surface area contributed by atoms with Gasteiger partial charge in [0.15, 0.2) is 0 Å². The summed E-state index contributed by atoms with van der Waals surface area (Å²) in [5, 5.41) is 0. The molecule has 114 valence electrons. The van der Waals surface area contributed by atoms with Crippen LogP contribution in [0.3, 0.4) is 0 Å². The van der Waals surface area contributed by atoms with Crippen molar-refractivity contribution in [3.05, 3.63) is 71.8 Å². The fraction of sp³-hybridized carbons (Fsp3) is 0.350. The van der Waals surface area contributed by atoms with Crippen molar-refractivity contribution in [2.45, 2.75) is 44.8 Å². The molecule has 0 aromatic heterocycles. The van der Waals surface area contributed by atoms with Crippen molar-refractivity contribution in [3.63, 3.8) is 0 Å². The standard InChI is InChI=1S/C20H23NO/c1-4-10-17(11-5-1)16-22-20(18-12-6-2-7-13-18)21-19-14-8-3-9-15-19/h1-2,4-7,10-13,19H,3,8-9,14-16H2. The van der Waals surface area contributed by atoms with Crippen LogP contribution >= 0.6 is 0 Å². The maximum absolute atomic E-state index is 6.07. The zero-order chi connectivity index (χ0) is 15.0. The number of aliphatic imine (C=N–C) groups is 1. The molecule has 1 aliphatic carbocycles. The maximum atomic E-state index is 6.07. The van der Waals surface area contributed by atoms with Crippen molar-refractivity contribution >= 4 is 5.90 Å². The number of hydrogen-bond donors (Lipinski definition) is 0. The molecule has 1 fully saturated rings. The Kier molecular flexibility index (Phi) is 5.25. The summed E-state index contributed by atoms with van der Waals surface area (Å²) >= 11 is 0. The van der Waals surface area contributed by atoms with E-state index in [1.54, 1.807) is 0 Å². The van der Waals surface area contributed by atoms with Gasteiger partial charge in [-0.1, -0.05) is 67.8 Å². The molecule has 0 aliphatic heterocycles. The van der Waals surface area contributed by atoms with Crippen LogP contribution in [0.2, 0.25) is 0 Å². The number of ether oxygens (including phenoxy) is 1. The molecule has 0 saturated heterocycles. The summed E-state index contributed by atoms with van der Waals surface area (Å²) in [7, 11) is 0. The normalized spacial score (nSPS) is 16.5. The van der Waals surface area contributed by atoms with Crippen molar-refractivity contribution in [2.24, 2.45) is 4.99 Å². The van der Waals surface area contributed by atoms with Gasteiger partial charge in [0.05, 0.1) is 6.04 Å². The van der Waals surface area contributed by atoms with Crippen molar-refractivity contribution in [1.29, 1.82) is 0 Å². The van der Waals surface area contributed by atoms with Crippen LogP contribution < -0.4 is 0 Å². The van der Waals surface area contributed by atoms with Crippen LogP contribution in [0.25, 0.3) is 0 Å². The Balaban J connectivity index is 1.75. The van der Waals surface area contributed by atoms with Gasteiger partial charge in [-0.15, -0.1) is 0 Å².